The van der Waals surface area contributed by atoms with E-state index < -0.39 is 0 Å². The third kappa shape index (κ3) is 3.81. The maximum atomic E-state index is 8.63. The molecular weight excluding hydrogens is 236 g/mol. The predicted molar refractivity (Wildman–Crippen MR) is 67.5 cm³/mol. The van der Waals surface area contributed by atoms with E-state index in [1.165, 1.54) is 0 Å². The molecule has 1 aromatic rings. The Bertz CT molecular complexity index is 407. The number of benzene rings is 1. The van der Waals surface area contributed by atoms with Gasteiger partial charge in [0.05, 0.1) is 13.2 Å². The molecule has 0 aliphatic carbocycles. The van der Waals surface area contributed by atoms with Gasteiger partial charge in [-0.1, -0.05) is 5.16 Å². The molecule has 0 saturated heterocycles. The van der Waals surface area contributed by atoms with E-state index in [0.717, 1.165) is 0 Å². The molecule has 0 aromatic heterocycles. The van der Waals surface area contributed by atoms with E-state index in [0.29, 0.717) is 36.9 Å². The summed E-state index contributed by atoms with van der Waals surface area (Å²) in [7, 11) is 1.61. The zero-order valence-corrected chi connectivity index (χ0v) is 10.5. The molecule has 0 atom stereocenters. The van der Waals surface area contributed by atoms with Crippen LogP contribution in [-0.4, -0.2) is 38.0 Å². The van der Waals surface area contributed by atoms with Gasteiger partial charge in [0.15, 0.2) is 17.3 Å². The van der Waals surface area contributed by atoms with E-state index in [9.17, 15) is 0 Å². The lowest BCUT2D eigenvalue weighted by Crippen LogP contribution is -2.13. The van der Waals surface area contributed by atoms with Crippen LogP contribution in [0.15, 0.2) is 23.4 Å². The summed E-state index contributed by atoms with van der Waals surface area (Å²) >= 11 is 0. The van der Waals surface area contributed by atoms with Crippen molar-refractivity contribution < 1.29 is 19.4 Å². The third-order valence-electron chi connectivity index (χ3n) is 2.19. The number of hydrogen-bond acceptors (Lipinski definition) is 5. The molecule has 0 unspecified atom stereocenters. The number of methoxy groups -OCH3 is 1. The number of amidine groups is 1. The van der Waals surface area contributed by atoms with Gasteiger partial charge in [-0.25, -0.2) is 0 Å². The first-order valence-corrected chi connectivity index (χ1v) is 5.59. The van der Waals surface area contributed by atoms with Gasteiger partial charge in [-0.05, 0) is 25.1 Å². The van der Waals surface area contributed by atoms with Crippen LogP contribution in [0.1, 0.15) is 12.5 Å². The molecule has 0 bridgehead atoms. The van der Waals surface area contributed by atoms with Crippen molar-refractivity contribution in [3.8, 4) is 11.5 Å². The van der Waals surface area contributed by atoms with Gasteiger partial charge < -0.3 is 25.2 Å². The molecule has 6 heteroatoms. The number of ether oxygens (including phenoxy) is 3. The number of hydrogen-bond donors (Lipinski definition) is 2. The van der Waals surface area contributed by atoms with Gasteiger partial charge >= 0.3 is 0 Å². The number of nitrogens with zero attached hydrogens (tertiary/aromatic N) is 1. The summed E-state index contributed by atoms with van der Waals surface area (Å²) in [6.07, 6.45) is 0. The molecule has 100 valence electrons. The van der Waals surface area contributed by atoms with Crippen LogP contribution in [0.3, 0.4) is 0 Å². The van der Waals surface area contributed by atoms with Gasteiger partial charge in [-0.3, -0.25) is 0 Å². The molecule has 0 aliphatic rings. The number of nitrogens with two attached hydrogens (primary N) is 1. The second kappa shape index (κ2) is 7.39. The van der Waals surface area contributed by atoms with Crippen molar-refractivity contribution in [2.45, 2.75) is 6.92 Å². The molecule has 3 N–H and O–H groups in total. The van der Waals surface area contributed by atoms with E-state index >= 15 is 0 Å². The third-order valence-corrected chi connectivity index (χ3v) is 2.19. The second-order valence-corrected chi connectivity index (χ2v) is 3.42. The minimum Gasteiger partial charge on any atom is -0.490 e. The van der Waals surface area contributed by atoms with Crippen LogP contribution in [0.4, 0.5) is 0 Å². The van der Waals surface area contributed by atoms with Crippen LogP contribution in [0.2, 0.25) is 0 Å². The fraction of sp³-hybridized carbons (Fsp3) is 0.417. The Morgan fingerprint density at radius 2 is 2.06 bits per heavy atom. The first kappa shape index (κ1) is 14.1. The highest BCUT2D eigenvalue weighted by Gasteiger charge is 2.08. The topological polar surface area (TPSA) is 86.3 Å². The molecule has 1 aromatic carbocycles. The molecule has 0 spiro atoms. The van der Waals surface area contributed by atoms with Gasteiger partial charge in [0, 0.05) is 12.7 Å². The minimum absolute atomic E-state index is 0.0272. The molecule has 0 saturated carbocycles. The molecule has 0 amide bonds. The highest BCUT2D eigenvalue weighted by Crippen LogP contribution is 2.28. The van der Waals surface area contributed by atoms with Crippen LogP contribution in [0.25, 0.3) is 0 Å². The average Bonchev–Trinajstić information content (AvgIpc) is 2.40. The Kier molecular flexibility index (Phi) is 5.79. The molecule has 18 heavy (non-hydrogen) atoms. The van der Waals surface area contributed by atoms with Crippen LogP contribution in [0, 0.1) is 0 Å². The minimum atomic E-state index is 0.0272. The van der Waals surface area contributed by atoms with Crippen molar-refractivity contribution >= 4 is 5.84 Å². The van der Waals surface area contributed by atoms with Crippen LogP contribution in [-0.2, 0) is 4.74 Å². The Morgan fingerprint density at radius 3 is 2.67 bits per heavy atom. The standard InChI is InChI=1S/C12H18N2O4/c1-3-17-11-8-9(12(13)14-15)4-5-10(11)18-7-6-16-2/h4-5,8,15H,3,6-7H2,1-2H3,(H2,13,14). The maximum Gasteiger partial charge on any atom is 0.170 e. The first-order valence-electron chi connectivity index (χ1n) is 5.59. The van der Waals surface area contributed by atoms with Crippen molar-refractivity contribution in [1.29, 1.82) is 0 Å². The van der Waals surface area contributed by atoms with E-state index in [-0.39, 0.29) is 5.84 Å². The summed E-state index contributed by atoms with van der Waals surface area (Å²) in [5.41, 5.74) is 6.08. The maximum absolute atomic E-state index is 8.63. The molecule has 6 nitrogen and oxygen atoms in total. The average molecular weight is 254 g/mol. The predicted octanol–water partition coefficient (Wildman–Crippen LogP) is 1.21. The lowest BCUT2D eigenvalue weighted by atomic mass is 10.2. The van der Waals surface area contributed by atoms with Crippen molar-refractivity contribution in [2.75, 3.05) is 26.9 Å². The highest BCUT2D eigenvalue weighted by molar-refractivity contribution is 5.97. The Labute approximate surface area is 106 Å². The molecule has 0 radical (unpaired) electrons. The molecule has 0 heterocycles. The Hall–Kier alpha value is -1.95. The SMILES string of the molecule is CCOc1cc(C(N)=NO)ccc1OCCOC. The van der Waals surface area contributed by atoms with Crippen LogP contribution in [0.5, 0.6) is 11.5 Å². The van der Waals surface area contributed by atoms with E-state index in [1.54, 1.807) is 25.3 Å². The fourth-order valence-electron chi connectivity index (χ4n) is 1.35. The van der Waals surface area contributed by atoms with E-state index in [2.05, 4.69) is 5.16 Å². The summed E-state index contributed by atoms with van der Waals surface area (Å²) in [5.74, 6) is 1.18. The Balaban J connectivity index is 2.89. The van der Waals surface area contributed by atoms with Gasteiger partial charge in [-0.15, -0.1) is 0 Å². The van der Waals surface area contributed by atoms with Gasteiger partial charge in [0.1, 0.15) is 6.61 Å². The van der Waals surface area contributed by atoms with Crippen LogP contribution < -0.4 is 15.2 Å². The van der Waals surface area contributed by atoms with Crippen molar-refractivity contribution in [3.63, 3.8) is 0 Å². The van der Waals surface area contributed by atoms with E-state index in [1.807, 2.05) is 6.92 Å². The van der Waals surface area contributed by atoms with Gasteiger partial charge in [-0.2, -0.15) is 0 Å². The molecule has 1 rings (SSSR count). The molecule has 0 aliphatic heterocycles. The normalized spacial score (nSPS) is 11.3. The number of oxime groups is 1. The van der Waals surface area contributed by atoms with Gasteiger partial charge in [0.25, 0.3) is 0 Å². The largest absolute Gasteiger partial charge is 0.490 e. The first-order chi connectivity index (χ1) is 8.72. The summed E-state index contributed by atoms with van der Waals surface area (Å²) in [5, 5.41) is 11.6. The highest BCUT2D eigenvalue weighted by atomic mass is 16.5. The molecule has 0 fully saturated rings. The zero-order valence-electron chi connectivity index (χ0n) is 10.5. The van der Waals surface area contributed by atoms with E-state index in [4.69, 9.17) is 25.2 Å². The quantitative estimate of drug-likeness (QED) is 0.251. The van der Waals surface area contributed by atoms with Crippen molar-refractivity contribution in [1.82, 2.24) is 0 Å². The zero-order chi connectivity index (χ0) is 13.4. The monoisotopic (exact) mass is 254 g/mol. The lowest BCUT2D eigenvalue weighted by Gasteiger charge is -2.12. The van der Waals surface area contributed by atoms with Crippen molar-refractivity contribution in [2.24, 2.45) is 10.9 Å². The Morgan fingerprint density at radius 1 is 1.28 bits per heavy atom. The smallest absolute Gasteiger partial charge is 0.170 e. The summed E-state index contributed by atoms with van der Waals surface area (Å²) in [6.45, 7) is 3.29. The summed E-state index contributed by atoms with van der Waals surface area (Å²) < 4.78 is 15.9. The fourth-order valence-corrected chi connectivity index (χ4v) is 1.35. The molecular formula is C12H18N2O4. The van der Waals surface area contributed by atoms with Crippen LogP contribution >= 0.6 is 0 Å². The van der Waals surface area contributed by atoms with Crippen molar-refractivity contribution in [3.05, 3.63) is 23.8 Å². The summed E-state index contributed by atoms with van der Waals surface area (Å²) in [4.78, 5) is 0. The van der Waals surface area contributed by atoms with Gasteiger partial charge in [0.2, 0.25) is 0 Å². The lowest BCUT2D eigenvalue weighted by molar-refractivity contribution is 0.143. The second-order valence-electron chi connectivity index (χ2n) is 3.42. The summed E-state index contributed by atoms with van der Waals surface area (Å²) in [6, 6.07) is 5.08. The number of rotatable bonds is 7.